The van der Waals surface area contributed by atoms with Crippen molar-refractivity contribution in [2.75, 3.05) is 5.32 Å². The van der Waals surface area contributed by atoms with Gasteiger partial charge in [0.15, 0.2) is 0 Å². The maximum Gasteiger partial charge on any atom is 0.433 e. The number of halogens is 3. The van der Waals surface area contributed by atoms with Crippen molar-refractivity contribution in [3.05, 3.63) is 46.9 Å². The molecule has 0 unspecified atom stereocenters. The highest BCUT2D eigenvalue weighted by molar-refractivity contribution is 7.08. The summed E-state index contributed by atoms with van der Waals surface area (Å²) < 4.78 is 44.5. The third-order valence-electron chi connectivity index (χ3n) is 4.21. The third-order valence-corrected chi connectivity index (χ3v) is 5.07. The topological polar surface area (TPSA) is 72.7 Å². The Morgan fingerprint density at radius 3 is 2.78 bits per heavy atom. The molecule has 1 aliphatic carbocycles. The van der Waals surface area contributed by atoms with Gasteiger partial charge in [0.25, 0.3) is 5.91 Å². The van der Waals surface area contributed by atoms with Gasteiger partial charge in [-0.15, -0.1) is 0 Å². The van der Waals surface area contributed by atoms with E-state index in [1.165, 1.54) is 6.07 Å². The summed E-state index contributed by atoms with van der Waals surface area (Å²) in [5.74, 6) is -0.230. The van der Waals surface area contributed by atoms with Crippen molar-refractivity contribution in [1.29, 1.82) is 0 Å². The quantitative estimate of drug-likeness (QED) is 0.725. The molecule has 6 nitrogen and oxygen atoms in total. The fourth-order valence-electron chi connectivity index (χ4n) is 2.81. The summed E-state index contributed by atoms with van der Waals surface area (Å²) in [6, 6.07) is 2.14. The summed E-state index contributed by atoms with van der Waals surface area (Å²) in [6.45, 7) is 0. The normalized spacial score (nSPS) is 14.4. The zero-order chi connectivity index (χ0) is 19.2. The molecule has 3 heterocycles. The van der Waals surface area contributed by atoms with Crippen LogP contribution in [-0.4, -0.2) is 25.0 Å². The van der Waals surface area contributed by atoms with Crippen LogP contribution in [0.15, 0.2) is 30.7 Å². The van der Waals surface area contributed by atoms with Crippen LogP contribution in [0.2, 0.25) is 0 Å². The van der Waals surface area contributed by atoms with Gasteiger partial charge in [0.05, 0.1) is 11.9 Å². The van der Waals surface area contributed by atoms with E-state index in [-0.39, 0.29) is 11.6 Å². The van der Waals surface area contributed by atoms with Crippen LogP contribution in [0.5, 0.6) is 0 Å². The van der Waals surface area contributed by atoms with Gasteiger partial charge < -0.3 is 5.32 Å². The number of hydrogen-bond donors (Lipinski definition) is 1. The molecule has 1 N–H and O–H groups in total. The number of carbonyl (C=O) groups is 1. The Kier molecular flexibility index (Phi) is 4.22. The average molecular weight is 393 g/mol. The number of carbonyl (C=O) groups excluding carboxylic acids is 1. The predicted molar refractivity (Wildman–Crippen MR) is 93.5 cm³/mol. The second-order valence-electron chi connectivity index (χ2n) is 6.33. The first-order valence-electron chi connectivity index (χ1n) is 8.16. The SMILES string of the molecule is Cn1cc(-c2nsc(C(=O)Nc3ccnc(C(F)(F)F)c3)c2C2CC2)cn1. The Morgan fingerprint density at radius 2 is 2.15 bits per heavy atom. The molecule has 140 valence electrons. The molecule has 0 radical (unpaired) electrons. The molecule has 27 heavy (non-hydrogen) atoms. The highest BCUT2D eigenvalue weighted by Gasteiger charge is 2.35. The molecule has 1 saturated carbocycles. The fraction of sp³-hybridized carbons (Fsp3) is 0.294. The van der Waals surface area contributed by atoms with Crippen LogP contribution in [0.3, 0.4) is 0 Å². The molecule has 0 atom stereocenters. The number of anilines is 1. The molecule has 10 heteroatoms. The van der Waals surface area contributed by atoms with Crippen LogP contribution >= 0.6 is 11.5 Å². The first-order valence-corrected chi connectivity index (χ1v) is 8.93. The van der Waals surface area contributed by atoms with E-state index in [0.717, 1.165) is 47.8 Å². The van der Waals surface area contributed by atoms with Crippen molar-refractivity contribution in [1.82, 2.24) is 19.1 Å². The summed E-state index contributed by atoms with van der Waals surface area (Å²) in [5, 5.41) is 6.67. The van der Waals surface area contributed by atoms with Gasteiger partial charge in [-0.05, 0) is 42.4 Å². The molecule has 1 aliphatic rings. The monoisotopic (exact) mass is 393 g/mol. The van der Waals surface area contributed by atoms with E-state index in [0.29, 0.717) is 10.6 Å². The van der Waals surface area contributed by atoms with Crippen LogP contribution in [-0.2, 0) is 13.2 Å². The fourth-order valence-corrected chi connectivity index (χ4v) is 3.70. The number of aromatic nitrogens is 4. The van der Waals surface area contributed by atoms with E-state index in [4.69, 9.17) is 0 Å². The zero-order valence-corrected chi connectivity index (χ0v) is 14.9. The number of pyridine rings is 1. The Hall–Kier alpha value is -2.75. The minimum Gasteiger partial charge on any atom is -0.321 e. The van der Waals surface area contributed by atoms with Gasteiger partial charge in [-0.1, -0.05) is 0 Å². The van der Waals surface area contributed by atoms with Crippen molar-refractivity contribution in [3.8, 4) is 11.3 Å². The van der Waals surface area contributed by atoms with Gasteiger partial charge in [0.2, 0.25) is 0 Å². The lowest BCUT2D eigenvalue weighted by atomic mass is 10.0. The molecule has 4 rings (SSSR count). The van der Waals surface area contributed by atoms with Gasteiger partial charge in [-0.2, -0.15) is 22.6 Å². The zero-order valence-electron chi connectivity index (χ0n) is 14.1. The van der Waals surface area contributed by atoms with E-state index < -0.39 is 17.8 Å². The van der Waals surface area contributed by atoms with E-state index >= 15 is 0 Å². The van der Waals surface area contributed by atoms with Gasteiger partial charge in [0.1, 0.15) is 10.6 Å². The Balaban J connectivity index is 1.64. The number of nitrogens with zero attached hydrogens (tertiary/aromatic N) is 4. The smallest absolute Gasteiger partial charge is 0.321 e. The van der Waals surface area contributed by atoms with Gasteiger partial charge in [-0.25, -0.2) is 0 Å². The number of nitrogens with one attached hydrogen (secondary N) is 1. The second kappa shape index (κ2) is 6.45. The standard InChI is InChI=1S/C17H14F3N5OS/c1-25-8-10(7-22-25)14-13(9-2-3-9)15(27-24-14)16(26)23-11-4-5-21-12(6-11)17(18,19)20/h4-9H,2-3H2,1H3,(H,21,23,26). The van der Waals surface area contributed by atoms with Crippen LogP contribution in [0.4, 0.5) is 18.9 Å². The van der Waals surface area contributed by atoms with Gasteiger partial charge >= 0.3 is 6.18 Å². The maximum absolute atomic E-state index is 12.8. The summed E-state index contributed by atoms with van der Waals surface area (Å²) >= 11 is 1.05. The van der Waals surface area contributed by atoms with Crippen LogP contribution < -0.4 is 5.32 Å². The lowest BCUT2D eigenvalue weighted by Crippen LogP contribution is -2.14. The molecular formula is C17H14F3N5OS. The first kappa shape index (κ1) is 17.7. The molecular weight excluding hydrogens is 379 g/mol. The maximum atomic E-state index is 12.8. The third kappa shape index (κ3) is 3.57. The highest BCUT2D eigenvalue weighted by Crippen LogP contribution is 2.47. The Bertz CT molecular complexity index is 1010. The highest BCUT2D eigenvalue weighted by atomic mass is 32.1. The molecule has 0 aromatic carbocycles. The minimum atomic E-state index is -4.57. The van der Waals surface area contributed by atoms with Gasteiger partial charge in [0, 0.05) is 36.3 Å². The molecule has 0 spiro atoms. The van der Waals surface area contributed by atoms with Crippen molar-refractivity contribution >= 4 is 23.1 Å². The second-order valence-corrected chi connectivity index (χ2v) is 7.11. The average Bonchev–Trinajstić information content (AvgIpc) is 3.20. The summed E-state index contributed by atoms with van der Waals surface area (Å²) in [7, 11) is 1.79. The number of amides is 1. The Morgan fingerprint density at radius 1 is 1.37 bits per heavy atom. The number of rotatable bonds is 4. The first-order chi connectivity index (χ1) is 12.8. The predicted octanol–water partition coefficient (Wildman–Crippen LogP) is 4.09. The van der Waals surface area contributed by atoms with Crippen LogP contribution in [0.1, 0.15) is 39.7 Å². The van der Waals surface area contributed by atoms with Crippen molar-refractivity contribution < 1.29 is 18.0 Å². The van der Waals surface area contributed by atoms with Crippen molar-refractivity contribution in [2.45, 2.75) is 24.9 Å². The number of aryl methyl sites for hydroxylation is 1. The van der Waals surface area contributed by atoms with Gasteiger partial charge in [-0.3, -0.25) is 14.5 Å². The molecule has 3 aromatic rings. The van der Waals surface area contributed by atoms with E-state index in [2.05, 4.69) is 19.8 Å². The molecule has 1 fully saturated rings. The largest absolute Gasteiger partial charge is 0.433 e. The van der Waals surface area contributed by atoms with Crippen molar-refractivity contribution in [3.63, 3.8) is 0 Å². The Labute approximate surface area is 156 Å². The van der Waals surface area contributed by atoms with Crippen LogP contribution in [0, 0.1) is 0 Å². The lowest BCUT2D eigenvalue weighted by molar-refractivity contribution is -0.141. The summed E-state index contributed by atoms with van der Waals surface area (Å²) in [5.41, 5.74) is 1.36. The molecule has 0 aliphatic heterocycles. The lowest BCUT2D eigenvalue weighted by Gasteiger charge is -2.09. The minimum absolute atomic E-state index is 0.0420. The number of hydrogen-bond acceptors (Lipinski definition) is 5. The molecule has 0 saturated heterocycles. The molecule has 0 bridgehead atoms. The van der Waals surface area contributed by atoms with E-state index in [1.54, 1.807) is 17.9 Å². The summed E-state index contributed by atoms with van der Waals surface area (Å²) in [6.07, 6.45) is 1.87. The molecule has 3 aromatic heterocycles. The van der Waals surface area contributed by atoms with Crippen molar-refractivity contribution in [2.24, 2.45) is 7.05 Å². The molecule has 1 amide bonds. The van der Waals surface area contributed by atoms with Crippen LogP contribution in [0.25, 0.3) is 11.3 Å². The van der Waals surface area contributed by atoms with E-state index in [1.807, 2.05) is 6.20 Å². The summed E-state index contributed by atoms with van der Waals surface area (Å²) in [4.78, 5) is 16.4. The van der Waals surface area contributed by atoms with E-state index in [9.17, 15) is 18.0 Å². The number of alkyl halides is 3.